The predicted molar refractivity (Wildman–Crippen MR) is 158 cm³/mol. The average Bonchev–Trinajstić information content (AvgIpc) is 3.74. The zero-order valence-electron chi connectivity index (χ0n) is 21.9. The van der Waals surface area contributed by atoms with Gasteiger partial charge in [-0.25, -0.2) is 13.1 Å². The molecule has 3 aromatic carbocycles. The van der Waals surface area contributed by atoms with E-state index >= 15 is 0 Å². The molecule has 212 valence electrons. The van der Waals surface area contributed by atoms with Crippen LogP contribution in [-0.4, -0.2) is 37.2 Å². The fourth-order valence-electron chi connectivity index (χ4n) is 4.08. The van der Waals surface area contributed by atoms with Gasteiger partial charge in [-0.2, -0.15) is 0 Å². The van der Waals surface area contributed by atoms with Gasteiger partial charge in [0.15, 0.2) is 0 Å². The monoisotopic (exact) mass is 621 g/mol. The zero-order valence-corrected chi connectivity index (χ0v) is 25.0. The Morgan fingerprint density at radius 2 is 1.55 bits per heavy atom. The number of rotatable bonds is 12. The lowest BCUT2D eigenvalue weighted by Crippen LogP contribution is -2.47. The summed E-state index contributed by atoms with van der Waals surface area (Å²) in [7, 11) is -3.54. The topological polar surface area (TPSA) is 95.6 Å². The van der Waals surface area contributed by atoms with E-state index in [1.807, 2.05) is 12.1 Å². The van der Waals surface area contributed by atoms with Gasteiger partial charge in [0.1, 0.15) is 6.04 Å². The molecule has 3 aromatic rings. The standard InChI is InChI=1S/C29H30Cl3N3O4S/c1-19(29(37)33-17-22-7-10-24(31)16-27(22)32)35(18-21-2-8-23(30)9-3-21)28(36)15-6-20-4-13-26(14-5-20)40(38,39)34-25-11-12-25/h2-5,7-10,13-14,16,19,25,34H,6,11-12,15,17-18H2,1H3,(H,33,37)/t19-/m1/s1. The zero-order chi connectivity index (χ0) is 28.9. The number of hydrogen-bond donors (Lipinski definition) is 2. The summed E-state index contributed by atoms with van der Waals surface area (Å²) in [5, 5.41) is 4.37. The van der Waals surface area contributed by atoms with Crippen molar-refractivity contribution >= 4 is 56.6 Å². The predicted octanol–water partition coefficient (Wildman–Crippen LogP) is 5.75. The summed E-state index contributed by atoms with van der Waals surface area (Å²) in [6.45, 7) is 2.09. The Hall–Kier alpha value is -2.62. The number of sulfonamides is 1. The van der Waals surface area contributed by atoms with E-state index in [-0.39, 0.29) is 42.3 Å². The molecule has 0 spiro atoms. The first-order valence-corrected chi connectivity index (χ1v) is 15.5. The quantitative estimate of drug-likeness (QED) is 0.269. The fourth-order valence-corrected chi connectivity index (χ4v) is 5.99. The number of halogens is 3. The molecule has 0 heterocycles. The van der Waals surface area contributed by atoms with E-state index in [0.29, 0.717) is 27.1 Å². The Bertz CT molecular complexity index is 1460. The van der Waals surface area contributed by atoms with Crippen molar-refractivity contribution in [1.82, 2.24) is 14.9 Å². The van der Waals surface area contributed by atoms with Crippen LogP contribution in [0.15, 0.2) is 71.6 Å². The smallest absolute Gasteiger partial charge is 0.242 e. The maximum atomic E-state index is 13.4. The van der Waals surface area contributed by atoms with Crippen LogP contribution in [0.2, 0.25) is 15.1 Å². The molecule has 1 aliphatic rings. The summed E-state index contributed by atoms with van der Waals surface area (Å²) in [6.07, 6.45) is 2.25. The van der Waals surface area contributed by atoms with Crippen molar-refractivity contribution in [3.63, 3.8) is 0 Å². The highest BCUT2D eigenvalue weighted by atomic mass is 35.5. The van der Waals surface area contributed by atoms with E-state index in [4.69, 9.17) is 34.8 Å². The number of nitrogens with one attached hydrogen (secondary N) is 2. The Balaban J connectivity index is 1.42. The molecule has 1 saturated carbocycles. The molecule has 0 saturated heterocycles. The van der Waals surface area contributed by atoms with Crippen LogP contribution in [0.25, 0.3) is 0 Å². The number of amides is 2. The van der Waals surface area contributed by atoms with Crippen LogP contribution < -0.4 is 10.0 Å². The van der Waals surface area contributed by atoms with Crippen molar-refractivity contribution in [3.05, 3.63) is 98.5 Å². The Morgan fingerprint density at radius 3 is 2.17 bits per heavy atom. The molecule has 1 atom stereocenters. The Kier molecular flexibility index (Phi) is 10.1. The van der Waals surface area contributed by atoms with Gasteiger partial charge in [-0.15, -0.1) is 0 Å². The maximum Gasteiger partial charge on any atom is 0.242 e. The third-order valence-electron chi connectivity index (χ3n) is 6.66. The van der Waals surface area contributed by atoms with Gasteiger partial charge < -0.3 is 10.2 Å². The summed E-state index contributed by atoms with van der Waals surface area (Å²) in [5.74, 6) is -0.541. The lowest BCUT2D eigenvalue weighted by molar-refractivity contribution is -0.140. The molecule has 11 heteroatoms. The maximum absolute atomic E-state index is 13.4. The summed E-state index contributed by atoms with van der Waals surface area (Å²) in [6, 6.07) is 17.9. The molecule has 0 unspecified atom stereocenters. The number of hydrogen-bond acceptors (Lipinski definition) is 4. The van der Waals surface area contributed by atoms with Gasteiger partial charge in [-0.1, -0.05) is 65.1 Å². The molecule has 2 N–H and O–H groups in total. The molecule has 0 radical (unpaired) electrons. The van der Waals surface area contributed by atoms with Gasteiger partial charge in [0.25, 0.3) is 0 Å². The van der Waals surface area contributed by atoms with Crippen LogP contribution in [0, 0.1) is 0 Å². The minimum Gasteiger partial charge on any atom is -0.350 e. The Labute approximate surface area is 249 Å². The first-order valence-electron chi connectivity index (χ1n) is 12.9. The van der Waals surface area contributed by atoms with E-state index in [0.717, 1.165) is 24.0 Å². The number of benzene rings is 3. The van der Waals surface area contributed by atoms with Crippen molar-refractivity contribution in [2.75, 3.05) is 0 Å². The highest BCUT2D eigenvalue weighted by Crippen LogP contribution is 2.23. The molecular weight excluding hydrogens is 593 g/mol. The lowest BCUT2D eigenvalue weighted by Gasteiger charge is -2.29. The van der Waals surface area contributed by atoms with E-state index < -0.39 is 16.1 Å². The number of carbonyl (C=O) groups is 2. The minimum absolute atomic E-state index is 0.0243. The first-order chi connectivity index (χ1) is 19.0. The van der Waals surface area contributed by atoms with Gasteiger partial charge in [0, 0.05) is 40.6 Å². The Morgan fingerprint density at radius 1 is 0.925 bits per heavy atom. The largest absolute Gasteiger partial charge is 0.350 e. The summed E-state index contributed by atoms with van der Waals surface area (Å²) < 4.78 is 27.5. The van der Waals surface area contributed by atoms with Gasteiger partial charge >= 0.3 is 0 Å². The van der Waals surface area contributed by atoms with Crippen molar-refractivity contribution in [3.8, 4) is 0 Å². The normalized spacial score (nSPS) is 14.0. The number of aryl methyl sites for hydroxylation is 1. The van der Waals surface area contributed by atoms with Gasteiger partial charge in [-0.05, 0) is 79.3 Å². The van der Waals surface area contributed by atoms with Crippen LogP contribution in [0.5, 0.6) is 0 Å². The highest BCUT2D eigenvalue weighted by Gasteiger charge is 2.28. The summed E-state index contributed by atoms with van der Waals surface area (Å²) in [4.78, 5) is 28.3. The molecule has 40 heavy (non-hydrogen) atoms. The van der Waals surface area contributed by atoms with Crippen molar-refractivity contribution < 1.29 is 18.0 Å². The molecule has 7 nitrogen and oxygen atoms in total. The minimum atomic E-state index is -3.54. The molecule has 0 aromatic heterocycles. The molecular formula is C29H30Cl3N3O4S. The number of nitrogens with zero attached hydrogens (tertiary/aromatic N) is 1. The van der Waals surface area contributed by atoms with E-state index in [1.54, 1.807) is 61.5 Å². The van der Waals surface area contributed by atoms with Crippen LogP contribution in [0.3, 0.4) is 0 Å². The van der Waals surface area contributed by atoms with Crippen LogP contribution in [0.1, 0.15) is 42.9 Å². The van der Waals surface area contributed by atoms with E-state index in [1.165, 1.54) is 4.90 Å². The van der Waals surface area contributed by atoms with Gasteiger partial charge in [-0.3, -0.25) is 9.59 Å². The van der Waals surface area contributed by atoms with Crippen molar-refractivity contribution in [2.45, 2.75) is 62.7 Å². The van der Waals surface area contributed by atoms with Gasteiger partial charge in [0.05, 0.1) is 4.90 Å². The molecule has 0 aliphatic heterocycles. The van der Waals surface area contributed by atoms with Crippen LogP contribution in [-0.2, 0) is 39.1 Å². The summed E-state index contributed by atoms with van der Waals surface area (Å²) >= 11 is 18.2. The third kappa shape index (κ3) is 8.44. The summed E-state index contributed by atoms with van der Waals surface area (Å²) in [5.41, 5.74) is 2.36. The van der Waals surface area contributed by atoms with Crippen LogP contribution in [0.4, 0.5) is 0 Å². The second-order valence-electron chi connectivity index (χ2n) is 9.82. The van der Waals surface area contributed by atoms with Crippen molar-refractivity contribution in [2.24, 2.45) is 0 Å². The average molecular weight is 623 g/mol. The lowest BCUT2D eigenvalue weighted by atomic mass is 10.1. The van der Waals surface area contributed by atoms with Crippen LogP contribution >= 0.6 is 34.8 Å². The van der Waals surface area contributed by atoms with E-state index in [2.05, 4.69) is 10.0 Å². The first kappa shape index (κ1) is 30.3. The molecule has 1 fully saturated rings. The second-order valence-corrected chi connectivity index (χ2v) is 12.8. The second kappa shape index (κ2) is 13.4. The molecule has 4 rings (SSSR count). The third-order valence-corrected chi connectivity index (χ3v) is 9.04. The van der Waals surface area contributed by atoms with Crippen molar-refractivity contribution in [1.29, 1.82) is 0 Å². The molecule has 0 bridgehead atoms. The molecule has 1 aliphatic carbocycles. The SMILES string of the molecule is C[C@H](C(=O)NCc1ccc(Cl)cc1Cl)N(Cc1ccc(Cl)cc1)C(=O)CCc1ccc(S(=O)(=O)NC2CC2)cc1. The van der Waals surface area contributed by atoms with E-state index in [9.17, 15) is 18.0 Å². The molecule has 2 amide bonds. The highest BCUT2D eigenvalue weighted by molar-refractivity contribution is 7.89. The fraction of sp³-hybridized carbons (Fsp3) is 0.310. The van der Waals surface area contributed by atoms with Gasteiger partial charge in [0.2, 0.25) is 21.8 Å². The number of carbonyl (C=O) groups excluding carboxylic acids is 2.